The van der Waals surface area contributed by atoms with Crippen LogP contribution >= 0.6 is 12.4 Å². The fourth-order valence-electron chi connectivity index (χ4n) is 3.39. The minimum Gasteiger partial charge on any atom is -0.390 e. The Morgan fingerprint density at radius 1 is 0.839 bits per heavy atom. The molecule has 0 fully saturated rings. The molecule has 4 N–H and O–H groups in total. The molecule has 0 saturated heterocycles. The summed E-state index contributed by atoms with van der Waals surface area (Å²) in [5, 5.41) is 11.0. The van der Waals surface area contributed by atoms with Crippen molar-refractivity contribution in [3.8, 4) is 0 Å². The van der Waals surface area contributed by atoms with Gasteiger partial charge < -0.3 is 10.8 Å². The number of sulfonamides is 1. The molecule has 166 valence electrons. The Balaban J connectivity index is 0.00000341. The van der Waals surface area contributed by atoms with Gasteiger partial charge in [0.15, 0.2) is 0 Å². The summed E-state index contributed by atoms with van der Waals surface area (Å²) >= 11 is 0. The van der Waals surface area contributed by atoms with Crippen molar-refractivity contribution in [2.75, 3.05) is 0 Å². The van der Waals surface area contributed by atoms with Crippen LogP contribution in [-0.2, 0) is 22.9 Å². The average Bonchev–Trinajstić information content (AvgIpc) is 2.74. The van der Waals surface area contributed by atoms with Crippen LogP contribution in [0.3, 0.4) is 0 Å². The second-order valence-corrected chi connectivity index (χ2v) is 9.29. The third-order valence-corrected chi connectivity index (χ3v) is 6.61. The third kappa shape index (κ3) is 7.16. The van der Waals surface area contributed by atoms with Gasteiger partial charge in [0.25, 0.3) is 0 Å². The van der Waals surface area contributed by atoms with E-state index in [4.69, 9.17) is 5.73 Å². The molecule has 0 amide bonds. The summed E-state index contributed by atoms with van der Waals surface area (Å²) in [5.74, 6) is 0. The van der Waals surface area contributed by atoms with Crippen LogP contribution in [0, 0.1) is 6.92 Å². The quantitative estimate of drug-likeness (QED) is 0.457. The van der Waals surface area contributed by atoms with Gasteiger partial charge in [0.2, 0.25) is 10.0 Å². The van der Waals surface area contributed by atoms with Gasteiger partial charge in [0, 0.05) is 6.04 Å². The van der Waals surface area contributed by atoms with Crippen molar-refractivity contribution in [3.63, 3.8) is 0 Å². The van der Waals surface area contributed by atoms with E-state index in [-0.39, 0.29) is 17.3 Å². The molecule has 3 aromatic carbocycles. The lowest BCUT2D eigenvalue weighted by molar-refractivity contribution is 0.109. The van der Waals surface area contributed by atoms with Crippen LogP contribution in [0.5, 0.6) is 0 Å². The molecule has 3 aromatic rings. The SMILES string of the molecule is Cc1ccc(S(=O)(=O)NC(Cc2ccccc2)C(O)C(N)Cc2ccccc2)cc1.Cl. The number of hydrogen-bond donors (Lipinski definition) is 3. The first-order chi connectivity index (χ1) is 14.3. The number of nitrogens with one attached hydrogen (secondary N) is 1. The van der Waals surface area contributed by atoms with E-state index in [2.05, 4.69) is 4.72 Å². The topological polar surface area (TPSA) is 92.4 Å². The maximum Gasteiger partial charge on any atom is 0.240 e. The van der Waals surface area contributed by atoms with Crippen LogP contribution in [0.1, 0.15) is 16.7 Å². The Morgan fingerprint density at radius 3 is 1.84 bits per heavy atom. The molecular formula is C24H29ClN2O3S. The molecule has 3 unspecified atom stereocenters. The monoisotopic (exact) mass is 460 g/mol. The van der Waals surface area contributed by atoms with Gasteiger partial charge in [-0.1, -0.05) is 78.4 Å². The molecule has 0 radical (unpaired) electrons. The van der Waals surface area contributed by atoms with E-state index in [0.29, 0.717) is 12.8 Å². The summed E-state index contributed by atoms with van der Waals surface area (Å²) in [4.78, 5) is 0.162. The molecule has 0 heterocycles. The minimum absolute atomic E-state index is 0. The zero-order valence-corrected chi connectivity index (χ0v) is 19.0. The lowest BCUT2D eigenvalue weighted by Crippen LogP contribution is -2.53. The maximum absolute atomic E-state index is 13.0. The Labute approximate surface area is 190 Å². The molecule has 0 aliphatic carbocycles. The van der Waals surface area contributed by atoms with Gasteiger partial charge in [-0.25, -0.2) is 13.1 Å². The van der Waals surface area contributed by atoms with Crippen LogP contribution in [0.2, 0.25) is 0 Å². The molecule has 0 bridgehead atoms. The number of nitrogens with two attached hydrogens (primary N) is 1. The molecule has 3 atom stereocenters. The van der Waals surface area contributed by atoms with Crippen LogP contribution in [0.4, 0.5) is 0 Å². The standard InChI is InChI=1S/C24H28N2O3S.ClH/c1-18-12-14-21(15-13-18)30(28,29)26-23(17-20-10-6-3-7-11-20)24(27)22(25)16-19-8-4-2-5-9-19;/h2-15,22-24,26-27H,16-17,25H2,1H3;1H. The van der Waals surface area contributed by atoms with E-state index >= 15 is 0 Å². The Hall–Kier alpha value is -2.22. The van der Waals surface area contributed by atoms with Crippen molar-refractivity contribution < 1.29 is 13.5 Å². The van der Waals surface area contributed by atoms with Crippen LogP contribution in [0.25, 0.3) is 0 Å². The number of aryl methyl sites for hydroxylation is 1. The summed E-state index contributed by atoms with van der Waals surface area (Å²) in [6.07, 6.45) is -0.291. The van der Waals surface area contributed by atoms with Crippen molar-refractivity contribution in [2.24, 2.45) is 5.73 Å². The van der Waals surface area contributed by atoms with Crippen LogP contribution in [-0.4, -0.2) is 31.7 Å². The normalized spacial score (nSPS) is 14.3. The van der Waals surface area contributed by atoms with Gasteiger partial charge in [-0.2, -0.15) is 0 Å². The molecule has 0 saturated carbocycles. The first-order valence-corrected chi connectivity index (χ1v) is 11.4. The largest absolute Gasteiger partial charge is 0.390 e. The third-order valence-electron chi connectivity index (χ3n) is 5.10. The van der Waals surface area contributed by atoms with E-state index in [1.54, 1.807) is 24.3 Å². The molecule has 5 nitrogen and oxygen atoms in total. The molecule has 0 aromatic heterocycles. The second kappa shape index (κ2) is 11.4. The number of rotatable bonds is 9. The predicted molar refractivity (Wildman–Crippen MR) is 127 cm³/mol. The highest BCUT2D eigenvalue weighted by Crippen LogP contribution is 2.16. The van der Waals surface area contributed by atoms with Crippen LogP contribution in [0.15, 0.2) is 89.8 Å². The van der Waals surface area contributed by atoms with Crippen molar-refractivity contribution in [1.29, 1.82) is 0 Å². The first kappa shape index (κ1) is 25.0. The van der Waals surface area contributed by atoms with Gasteiger partial charge in [0.05, 0.1) is 17.0 Å². The number of aliphatic hydroxyl groups is 1. The van der Waals surface area contributed by atoms with Crippen LogP contribution < -0.4 is 10.5 Å². The van der Waals surface area contributed by atoms with Gasteiger partial charge in [-0.3, -0.25) is 0 Å². The molecule has 3 rings (SSSR count). The molecular weight excluding hydrogens is 432 g/mol. The van der Waals surface area contributed by atoms with Gasteiger partial charge in [0.1, 0.15) is 0 Å². The molecule has 0 aliphatic rings. The highest BCUT2D eigenvalue weighted by Gasteiger charge is 2.30. The zero-order chi connectivity index (χ0) is 21.6. The first-order valence-electron chi connectivity index (χ1n) is 9.95. The molecule has 7 heteroatoms. The number of halogens is 1. The molecule has 0 aliphatic heterocycles. The maximum atomic E-state index is 13.0. The highest BCUT2D eigenvalue weighted by atomic mass is 35.5. The molecule has 0 spiro atoms. The Kier molecular flexibility index (Phi) is 9.22. The second-order valence-electron chi connectivity index (χ2n) is 7.57. The van der Waals surface area contributed by atoms with Crippen molar-refractivity contribution in [1.82, 2.24) is 4.72 Å². The van der Waals surface area contributed by atoms with Crippen molar-refractivity contribution in [2.45, 2.75) is 42.8 Å². The smallest absolute Gasteiger partial charge is 0.240 e. The number of hydrogen-bond acceptors (Lipinski definition) is 4. The van der Waals surface area contributed by atoms with Gasteiger partial charge >= 0.3 is 0 Å². The fraction of sp³-hybridized carbons (Fsp3) is 0.250. The summed E-state index contributed by atoms with van der Waals surface area (Å²) < 4.78 is 28.6. The van der Waals surface area contributed by atoms with Gasteiger partial charge in [-0.15, -0.1) is 12.4 Å². The number of benzene rings is 3. The van der Waals surface area contributed by atoms with Gasteiger partial charge in [-0.05, 0) is 43.0 Å². The average molecular weight is 461 g/mol. The van der Waals surface area contributed by atoms with E-state index < -0.39 is 28.2 Å². The lowest BCUT2D eigenvalue weighted by atomic mass is 9.94. The fourth-order valence-corrected chi connectivity index (χ4v) is 4.64. The van der Waals surface area contributed by atoms with Crippen molar-refractivity contribution in [3.05, 3.63) is 102 Å². The summed E-state index contributed by atoms with van der Waals surface area (Å²) in [7, 11) is -3.81. The minimum atomic E-state index is -3.81. The molecule has 31 heavy (non-hydrogen) atoms. The summed E-state index contributed by atoms with van der Waals surface area (Å²) in [6.45, 7) is 1.90. The Bertz CT molecular complexity index is 1030. The van der Waals surface area contributed by atoms with E-state index in [9.17, 15) is 13.5 Å². The van der Waals surface area contributed by atoms with Crippen molar-refractivity contribution >= 4 is 22.4 Å². The van der Waals surface area contributed by atoms with E-state index in [0.717, 1.165) is 16.7 Å². The van der Waals surface area contributed by atoms with E-state index in [1.165, 1.54) is 0 Å². The highest BCUT2D eigenvalue weighted by molar-refractivity contribution is 7.89. The lowest BCUT2D eigenvalue weighted by Gasteiger charge is -2.28. The zero-order valence-electron chi connectivity index (χ0n) is 17.4. The predicted octanol–water partition coefficient (Wildman–Crippen LogP) is 3.24. The Morgan fingerprint density at radius 2 is 1.32 bits per heavy atom. The summed E-state index contributed by atoms with van der Waals surface area (Å²) in [6, 6.07) is 24.3. The number of aliphatic hydroxyl groups excluding tert-OH is 1. The van der Waals surface area contributed by atoms with E-state index in [1.807, 2.05) is 67.6 Å². The summed E-state index contributed by atoms with van der Waals surface area (Å²) in [5.41, 5.74) is 9.17.